The number of aromatic nitrogens is 1. The average molecular weight is 347 g/mol. The molecular formula is C17H18FN3O4. The van der Waals surface area contributed by atoms with Crippen LogP contribution < -0.4 is 20.5 Å². The summed E-state index contributed by atoms with van der Waals surface area (Å²) in [5.41, 5.74) is 3.72. The van der Waals surface area contributed by atoms with Gasteiger partial charge in [0.2, 0.25) is 5.88 Å². The lowest BCUT2D eigenvalue weighted by Gasteiger charge is -2.14. The maximum Gasteiger partial charge on any atom is 0.257 e. The summed E-state index contributed by atoms with van der Waals surface area (Å²) in [4.78, 5) is 27.2. The van der Waals surface area contributed by atoms with Gasteiger partial charge in [-0.15, -0.1) is 0 Å². The maximum atomic E-state index is 13.9. The van der Waals surface area contributed by atoms with Crippen LogP contribution in [0.1, 0.15) is 23.7 Å². The van der Waals surface area contributed by atoms with Gasteiger partial charge in [-0.1, -0.05) is 0 Å². The van der Waals surface area contributed by atoms with Gasteiger partial charge in [0.05, 0.1) is 18.7 Å². The Balaban J connectivity index is 1.87. The van der Waals surface area contributed by atoms with E-state index in [0.717, 1.165) is 0 Å². The van der Waals surface area contributed by atoms with Crippen LogP contribution in [0.2, 0.25) is 0 Å². The van der Waals surface area contributed by atoms with Crippen molar-refractivity contribution in [2.24, 2.45) is 5.73 Å². The Labute approximate surface area is 143 Å². The molecule has 3 N–H and O–H groups in total. The van der Waals surface area contributed by atoms with Crippen molar-refractivity contribution in [1.82, 2.24) is 10.3 Å². The van der Waals surface area contributed by atoms with Crippen LogP contribution in [-0.4, -0.2) is 42.2 Å². The number of carbonyl (C=O) groups is 2. The van der Waals surface area contributed by atoms with E-state index in [0.29, 0.717) is 22.4 Å². The Bertz CT molecular complexity index is 853. The number of fused-ring (bicyclic) bond motifs is 1. The number of nitrogens with two attached hydrogens (primary N) is 1. The van der Waals surface area contributed by atoms with Crippen molar-refractivity contribution in [1.29, 1.82) is 0 Å². The Morgan fingerprint density at radius 2 is 2.28 bits per heavy atom. The highest BCUT2D eigenvalue weighted by molar-refractivity contribution is 6.01. The quantitative estimate of drug-likeness (QED) is 0.849. The highest BCUT2D eigenvalue weighted by Crippen LogP contribution is 2.31. The molecular weight excluding hydrogens is 329 g/mol. The average Bonchev–Trinajstić information content (AvgIpc) is 2.83. The number of rotatable bonds is 5. The van der Waals surface area contributed by atoms with Crippen LogP contribution in [0.5, 0.6) is 11.6 Å². The minimum absolute atomic E-state index is 0.0335. The SMILES string of the molecule is COc1cc2c(OCC3C[C@](C)(F)C(=O)N3)nccc2cc1C(N)=O. The molecule has 0 bridgehead atoms. The predicted molar refractivity (Wildman–Crippen MR) is 88.4 cm³/mol. The third kappa shape index (κ3) is 3.19. The van der Waals surface area contributed by atoms with Gasteiger partial charge >= 0.3 is 0 Å². The smallest absolute Gasteiger partial charge is 0.257 e. The molecule has 1 saturated heterocycles. The number of benzene rings is 1. The lowest BCUT2D eigenvalue weighted by molar-refractivity contribution is -0.128. The van der Waals surface area contributed by atoms with E-state index in [1.807, 2.05) is 0 Å². The topological polar surface area (TPSA) is 104 Å². The van der Waals surface area contributed by atoms with Crippen LogP contribution in [0, 0.1) is 0 Å². The number of alkyl halides is 1. The molecule has 132 valence electrons. The first-order valence-electron chi connectivity index (χ1n) is 7.71. The van der Waals surface area contributed by atoms with Crippen LogP contribution in [0.25, 0.3) is 10.8 Å². The van der Waals surface area contributed by atoms with Gasteiger partial charge in [0, 0.05) is 18.0 Å². The lowest BCUT2D eigenvalue weighted by atomic mass is 10.0. The molecule has 3 rings (SSSR count). The van der Waals surface area contributed by atoms with E-state index in [1.54, 1.807) is 18.2 Å². The van der Waals surface area contributed by atoms with Gasteiger partial charge in [0.15, 0.2) is 5.67 Å². The Morgan fingerprint density at radius 3 is 2.88 bits per heavy atom. The second-order valence-electron chi connectivity index (χ2n) is 6.14. The third-order valence-electron chi connectivity index (χ3n) is 4.17. The number of nitrogens with zero attached hydrogens (tertiary/aromatic N) is 1. The molecule has 0 radical (unpaired) electrons. The van der Waals surface area contributed by atoms with E-state index < -0.39 is 23.5 Å². The lowest BCUT2D eigenvalue weighted by Crippen LogP contribution is -2.33. The van der Waals surface area contributed by atoms with Crippen molar-refractivity contribution >= 4 is 22.6 Å². The van der Waals surface area contributed by atoms with E-state index in [4.69, 9.17) is 15.2 Å². The molecule has 8 heteroatoms. The zero-order chi connectivity index (χ0) is 18.2. The number of primary amides is 1. The normalized spacial score (nSPS) is 22.7. The molecule has 7 nitrogen and oxygen atoms in total. The minimum Gasteiger partial charge on any atom is -0.496 e. The van der Waals surface area contributed by atoms with Crippen LogP contribution in [0.15, 0.2) is 24.4 Å². The summed E-state index contributed by atoms with van der Waals surface area (Å²) in [5.74, 6) is -0.634. The number of hydrogen-bond acceptors (Lipinski definition) is 5. The third-order valence-corrected chi connectivity index (χ3v) is 4.17. The van der Waals surface area contributed by atoms with Gasteiger partial charge in [0.25, 0.3) is 11.8 Å². The molecule has 1 fully saturated rings. The van der Waals surface area contributed by atoms with Crippen molar-refractivity contribution in [3.05, 3.63) is 30.0 Å². The van der Waals surface area contributed by atoms with Gasteiger partial charge < -0.3 is 20.5 Å². The highest BCUT2D eigenvalue weighted by Gasteiger charge is 2.43. The molecule has 0 aliphatic carbocycles. The number of pyridine rings is 1. The monoisotopic (exact) mass is 347 g/mol. The number of ether oxygens (including phenoxy) is 2. The second kappa shape index (κ2) is 6.19. The molecule has 1 aliphatic heterocycles. The summed E-state index contributed by atoms with van der Waals surface area (Å²) < 4.78 is 24.8. The molecule has 0 spiro atoms. The van der Waals surface area contributed by atoms with Crippen molar-refractivity contribution in [3.63, 3.8) is 0 Å². The number of hydrogen-bond donors (Lipinski definition) is 2. The van der Waals surface area contributed by atoms with E-state index in [9.17, 15) is 14.0 Å². The summed E-state index contributed by atoms with van der Waals surface area (Å²) in [6.07, 6.45) is 1.56. The fourth-order valence-electron chi connectivity index (χ4n) is 2.87. The number of amides is 2. The molecule has 1 aliphatic rings. The predicted octanol–water partition coefficient (Wildman–Crippen LogP) is 1.34. The molecule has 25 heavy (non-hydrogen) atoms. The number of halogens is 1. The van der Waals surface area contributed by atoms with E-state index >= 15 is 0 Å². The first-order chi connectivity index (χ1) is 11.8. The van der Waals surface area contributed by atoms with E-state index in [2.05, 4.69) is 10.3 Å². The number of methoxy groups -OCH3 is 1. The van der Waals surface area contributed by atoms with Crippen molar-refractivity contribution in [2.75, 3.05) is 13.7 Å². The Hall–Kier alpha value is -2.90. The van der Waals surface area contributed by atoms with E-state index in [1.165, 1.54) is 20.2 Å². The highest BCUT2D eigenvalue weighted by atomic mass is 19.1. The second-order valence-corrected chi connectivity index (χ2v) is 6.14. The van der Waals surface area contributed by atoms with Gasteiger partial charge in [-0.2, -0.15) is 0 Å². The molecule has 2 amide bonds. The Morgan fingerprint density at radius 1 is 1.52 bits per heavy atom. The van der Waals surface area contributed by atoms with Crippen LogP contribution >= 0.6 is 0 Å². The molecule has 2 atom stereocenters. The van der Waals surface area contributed by atoms with E-state index in [-0.39, 0.29) is 18.6 Å². The van der Waals surface area contributed by atoms with Crippen molar-refractivity contribution in [3.8, 4) is 11.6 Å². The van der Waals surface area contributed by atoms with Gasteiger partial charge in [-0.3, -0.25) is 9.59 Å². The standard InChI is InChI=1S/C17H18FN3O4/c1-17(18)7-10(21-16(17)23)8-25-15-11-6-13(24-2)12(14(19)22)5-9(11)3-4-20-15/h3-6,10H,7-8H2,1-2H3,(H2,19,22)(H,21,23)/t10?,17-/m0/s1. The zero-order valence-electron chi connectivity index (χ0n) is 13.8. The van der Waals surface area contributed by atoms with Crippen LogP contribution in [-0.2, 0) is 4.79 Å². The minimum atomic E-state index is -1.89. The fourth-order valence-corrected chi connectivity index (χ4v) is 2.87. The first kappa shape index (κ1) is 16.9. The summed E-state index contributed by atoms with van der Waals surface area (Å²) in [7, 11) is 1.43. The number of nitrogens with one attached hydrogen (secondary N) is 1. The van der Waals surface area contributed by atoms with Gasteiger partial charge in [-0.05, 0) is 30.5 Å². The summed E-state index contributed by atoms with van der Waals surface area (Å²) in [6, 6.07) is 4.49. The molecule has 1 unspecified atom stereocenters. The first-order valence-corrected chi connectivity index (χ1v) is 7.71. The molecule has 0 saturated carbocycles. The Kier molecular flexibility index (Phi) is 4.20. The molecule has 2 heterocycles. The molecule has 2 aromatic rings. The molecule has 1 aromatic heterocycles. The van der Waals surface area contributed by atoms with Crippen LogP contribution in [0.3, 0.4) is 0 Å². The summed E-state index contributed by atoms with van der Waals surface area (Å²) >= 11 is 0. The van der Waals surface area contributed by atoms with Crippen LogP contribution in [0.4, 0.5) is 4.39 Å². The maximum absolute atomic E-state index is 13.9. The van der Waals surface area contributed by atoms with Gasteiger partial charge in [0.1, 0.15) is 12.4 Å². The molecule has 1 aromatic carbocycles. The fraction of sp³-hybridized carbons (Fsp3) is 0.353. The van der Waals surface area contributed by atoms with Crippen molar-refractivity contribution < 1.29 is 23.5 Å². The zero-order valence-corrected chi connectivity index (χ0v) is 13.8. The number of carbonyl (C=O) groups excluding carboxylic acids is 2. The van der Waals surface area contributed by atoms with Crippen molar-refractivity contribution in [2.45, 2.75) is 25.1 Å². The summed E-state index contributed by atoms with van der Waals surface area (Å²) in [5, 5.41) is 3.88. The largest absolute Gasteiger partial charge is 0.496 e. The summed E-state index contributed by atoms with van der Waals surface area (Å²) in [6.45, 7) is 1.33. The van der Waals surface area contributed by atoms with Gasteiger partial charge in [-0.25, -0.2) is 9.37 Å².